The summed E-state index contributed by atoms with van der Waals surface area (Å²) in [6.07, 6.45) is 1.71. The van der Waals surface area contributed by atoms with Gasteiger partial charge in [-0.25, -0.2) is 0 Å². The number of ether oxygens (including phenoxy) is 2. The summed E-state index contributed by atoms with van der Waals surface area (Å²) >= 11 is 0. The number of fused-ring (bicyclic) bond motifs is 1. The van der Waals surface area contributed by atoms with Crippen LogP contribution in [-0.4, -0.2) is 17.0 Å². The van der Waals surface area contributed by atoms with Crippen LogP contribution in [0.2, 0.25) is 0 Å². The summed E-state index contributed by atoms with van der Waals surface area (Å²) in [7, 11) is 0. The number of nitrogen functional groups attached to an aromatic ring is 1. The summed E-state index contributed by atoms with van der Waals surface area (Å²) in [5.74, 6) is 2.07. The maximum atomic E-state index is 5.49. The molecule has 0 fully saturated rings. The van der Waals surface area contributed by atoms with Gasteiger partial charge in [0.05, 0.1) is 5.69 Å². The first-order valence-electron chi connectivity index (χ1n) is 5.78. The van der Waals surface area contributed by atoms with Gasteiger partial charge in [-0.3, -0.25) is 0 Å². The molecule has 0 unspecified atom stereocenters. The summed E-state index contributed by atoms with van der Waals surface area (Å²) in [6, 6.07) is 9.65. The molecule has 1 aliphatic rings. The van der Waals surface area contributed by atoms with Crippen LogP contribution in [0.5, 0.6) is 11.5 Å². The normalized spacial score (nSPS) is 12.7. The maximum absolute atomic E-state index is 5.49. The van der Waals surface area contributed by atoms with E-state index in [1.165, 1.54) is 5.56 Å². The molecular formula is C13H13N3O2. The van der Waals surface area contributed by atoms with Crippen molar-refractivity contribution in [3.63, 3.8) is 0 Å². The Bertz CT molecular complexity index is 555. The molecule has 1 aromatic carbocycles. The van der Waals surface area contributed by atoms with Gasteiger partial charge in [0.25, 0.3) is 0 Å². The van der Waals surface area contributed by atoms with Crippen LogP contribution in [0.4, 0.5) is 5.82 Å². The number of rotatable bonds is 3. The minimum Gasteiger partial charge on any atom is -0.454 e. The van der Waals surface area contributed by atoms with Gasteiger partial charge in [0, 0.05) is 0 Å². The van der Waals surface area contributed by atoms with E-state index in [4.69, 9.17) is 15.2 Å². The number of aryl methyl sites for hydroxylation is 2. The van der Waals surface area contributed by atoms with Crippen molar-refractivity contribution in [3.05, 3.63) is 41.6 Å². The van der Waals surface area contributed by atoms with Crippen LogP contribution in [0.1, 0.15) is 11.3 Å². The van der Waals surface area contributed by atoms with Gasteiger partial charge in [-0.15, -0.1) is 5.10 Å². The quantitative estimate of drug-likeness (QED) is 0.886. The first-order valence-corrected chi connectivity index (χ1v) is 5.78. The summed E-state index contributed by atoms with van der Waals surface area (Å²) in [4.78, 5) is 0. The Hall–Kier alpha value is -2.30. The Morgan fingerprint density at radius 1 is 1.00 bits per heavy atom. The molecule has 2 heterocycles. The minimum atomic E-state index is 0.308. The zero-order chi connectivity index (χ0) is 12.4. The molecule has 5 heteroatoms. The van der Waals surface area contributed by atoms with E-state index in [0.29, 0.717) is 12.6 Å². The number of aromatic nitrogens is 2. The Kier molecular flexibility index (Phi) is 2.72. The van der Waals surface area contributed by atoms with E-state index in [1.807, 2.05) is 24.3 Å². The van der Waals surface area contributed by atoms with Gasteiger partial charge in [0.1, 0.15) is 5.82 Å². The molecule has 0 bridgehead atoms. The Morgan fingerprint density at radius 2 is 1.89 bits per heavy atom. The molecule has 1 aromatic heterocycles. The minimum absolute atomic E-state index is 0.308. The van der Waals surface area contributed by atoms with E-state index in [2.05, 4.69) is 10.2 Å². The van der Waals surface area contributed by atoms with Gasteiger partial charge >= 0.3 is 0 Å². The van der Waals surface area contributed by atoms with Gasteiger partial charge in [-0.1, -0.05) is 6.07 Å². The zero-order valence-corrected chi connectivity index (χ0v) is 9.80. The van der Waals surface area contributed by atoms with E-state index in [1.54, 1.807) is 6.07 Å². The first kappa shape index (κ1) is 10.8. The van der Waals surface area contributed by atoms with Crippen molar-refractivity contribution in [2.45, 2.75) is 12.8 Å². The summed E-state index contributed by atoms with van der Waals surface area (Å²) < 4.78 is 10.6. The van der Waals surface area contributed by atoms with Crippen molar-refractivity contribution in [1.29, 1.82) is 0 Å². The van der Waals surface area contributed by atoms with Gasteiger partial charge in [0.15, 0.2) is 11.5 Å². The molecule has 0 saturated heterocycles. The lowest BCUT2D eigenvalue weighted by molar-refractivity contribution is 0.174. The Morgan fingerprint density at radius 3 is 2.72 bits per heavy atom. The predicted molar refractivity (Wildman–Crippen MR) is 66.4 cm³/mol. The zero-order valence-electron chi connectivity index (χ0n) is 9.80. The van der Waals surface area contributed by atoms with Crippen LogP contribution >= 0.6 is 0 Å². The molecule has 3 rings (SSSR count). The largest absolute Gasteiger partial charge is 0.454 e. The highest BCUT2D eigenvalue weighted by Gasteiger charge is 2.13. The third-order valence-electron chi connectivity index (χ3n) is 2.85. The van der Waals surface area contributed by atoms with Crippen molar-refractivity contribution in [2.75, 3.05) is 12.5 Å². The highest BCUT2D eigenvalue weighted by atomic mass is 16.7. The number of anilines is 1. The van der Waals surface area contributed by atoms with Crippen molar-refractivity contribution < 1.29 is 9.47 Å². The molecule has 18 heavy (non-hydrogen) atoms. The molecule has 0 atom stereocenters. The number of nitrogens with zero attached hydrogens (tertiary/aromatic N) is 2. The highest BCUT2D eigenvalue weighted by Crippen LogP contribution is 2.32. The lowest BCUT2D eigenvalue weighted by Gasteiger charge is -2.03. The maximum Gasteiger partial charge on any atom is 0.231 e. The molecule has 1 aliphatic heterocycles. The van der Waals surface area contributed by atoms with Crippen molar-refractivity contribution in [1.82, 2.24) is 10.2 Å². The SMILES string of the molecule is Nc1ccc(CCc2ccc3c(c2)OCO3)nn1. The van der Waals surface area contributed by atoms with Gasteiger partial charge in [-0.2, -0.15) is 5.10 Å². The van der Waals surface area contributed by atoms with Gasteiger partial charge in [0.2, 0.25) is 6.79 Å². The van der Waals surface area contributed by atoms with Crippen LogP contribution in [0.25, 0.3) is 0 Å². The molecule has 2 aromatic rings. The van der Waals surface area contributed by atoms with Crippen molar-refractivity contribution >= 4 is 5.82 Å². The fourth-order valence-corrected chi connectivity index (χ4v) is 1.87. The smallest absolute Gasteiger partial charge is 0.231 e. The molecule has 2 N–H and O–H groups in total. The van der Waals surface area contributed by atoms with Crippen LogP contribution < -0.4 is 15.2 Å². The second-order valence-electron chi connectivity index (χ2n) is 4.14. The second-order valence-corrected chi connectivity index (χ2v) is 4.14. The topological polar surface area (TPSA) is 70.3 Å². The van der Waals surface area contributed by atoms with Gasteiger partial charge in [-0.05, 0) is 42.7 Å². The third kappa shape index (κ3) is 2.20. The lowest BCUT2D eigenvalue weighted by atomic mass is 10.1. The van der Waals surface area contributed by atoms with E-state index in [9.17, 15) is 0 Å². The summed E-state index contributed by atoms with van der Waals surface area (Å²) in [5, 5.41) is 7.87. The lowest BCUT2D eigenvalue weighted by Crippen LogP contribution is -1.99. The number of nitrogens with two attached hydrogens (primary N) is 1. The van der Waals surface area contributed by atoms with Crippen LogP contribution in [0.3, 0.4) is 0 Å². The van der Waals surface area contributed by atoms with E-state index >= 15 is 0 Å². The molecule has 0 radical (unpaired) electrons. The average molecular weight is 243 g/mol. The molecule has 0 saturated carbocycles. The van der Waals surface area contributed by atoms with Crippen LogP contribution in [-0.2, 0) is 12.8 Å². The fourth-order valence-electron chi connectivity index (χ4n) is 1.87. The average Bonchev–Trinajstić information content (AvgIpc) is 2.85. The highest BCUT2D eigenvalue weighted by molar-refractivity contribution is 5.44. The standard InChI is InChI=1S/C13H13N3O2/c14-13-6-4-10(15-16-13)3-1-9-2-5-11-12(7-9)18-8-17-11/h2,4-7H,1,3,8H2,(H2,14,16). The number of hydrogen-bond donors (Lipinski definition) is 1. The molecule has 0 spiro atoms. The monoisotopic (exact) mass is 243 g/mol. The third-order valence-corrected chi connectivity index (χ3v) is 2.85. The Labute approximate surface area is 105 Å². The molecule has 92 valence electrons. The van der Waals surface area contributed by atoms with Crippen molar-refractivity contribution in [2.24, 2.45) is 0 Å². The molecule has 5 nitrogen and oxygen atoms in total. The number of hydrogen-bond acceptors (Lipinski definition) is 5. The molecule has 0 amide bonds. The van der Waals surface area contributed by atoms with Crippen LogP contribution in [0.15, 0.2) is 30.3 Å². The van der Waals surface area contributed by atoms with Gasteiger partial charge < -0.3 is 15.2 Å². The van der Waals surface area contributed by atoms with E-state index < -0.39 is 0 Å². The molecular weight excluding hydrogens is 230 g/mol. The Balaban J connectivity index is 1.68. The summed E-state index contributed by atoms with van der Waals surface area (Å²) in [5.41, 5.74) is 7.62. The number of benzene rings is 1. The predicted octanol–water partition coefficient (Wildman–Crippen LogP) is 1.57. The summed E-state index contributed by atoms with van der Waals surface area (Å²) in [6.45, 7) is 0.308. The van der Waals surface area contributed by atoms with E-state index in [-0.39, 0.29) is 0 Å². The first-order chi connectivity index (χ1) is 8.81. The molecule has 0 aliphatic carbocycles. The van der Waals surface area contributed by atoms with E-state index in [0.717, 1.165) is 30.0 Å². The fraction of sp³-hybridized carbons (Fsp3) is 0.231. The second kappa shape index (κ2) is 4.52. The van der Waals surface area contributed by atoms with Crippen LogP contribution in [0, 0.1) is 0 Å². The van der Waals surface area contributed by atoms with Crippen molar-refractivity contribution in [3.8, 4) is 11.5 Å².